The van der Waals surface area contributed by atoms with Crippen LogP contribution in [0.15, 0.2) is 30.3 Å². The molecule has 5 heteroatoms. The second-order valence-electron chi connectivity index (χ2n) is 6.38. The molecule has 4 atom stereocenters. The monoisotopic (exact) mass is 335 g/mol. The van der Waals surface area contributed by atoms with Gasteiger partial charge in [0.05, 0.1) is 6.10 Å². The Morgan fingerprint density at radius 3 is 2.75 bits per heavy atom. The van der Waals surface area contributed by atoms with E-state index in [4.69, 9.17) is 19.9 Å². The molecule has 134 valence electrons. The van der Waals surface area contributed by atoms with Gasteiger partial charge in [0.25, 0.3) is 0 Å². The highest BCUT2D eigenvalue weighted by atomic mass is 16.6. The minimum atomic E-state index is -0.618. The van der Waals surface area contributed by atoms with Gasteiger partial charge in [-0.05, 0) is 31.9 Å². The molecule has 5 nitrogen and oxygen atoms in total. The Bertz CT molecular complexity index is 493. The number of para-hydroxylation sites is 1. The fourth-order valence-electron chi connectivity index (χ4n) is 2.98. The molecule has 24 heavy (non-hydrogen) atoms. The summed E-state index contributed by atoms with van der Waals surface area (Å²) in [5.41, 5.74) is 5.85. The molecular weight excluding hydrogens is 306 g/mol. The fraction of sp³-hybridized carbons (Fsp3) is 0.632. The minimum absolute atomic E-state index is 0.0999. The highest BCUT2D eigenvalue weighted by Gasteiger charge is 2.33. The lowest BCUT2D eigenvalue weighted by Gasteiger charge is -2.30. The molecule has 1 fully saturated rings. The van der Waals surface area contributed by atoms with Crippen LogP contribution >= 0.6 is 0 Å². The minimum Gasteiger partial charge on any atom is -0.491 e. The Morgan fingerprint density at radius 1 is 1.29 bits per heavy atom. The van der Waals surface area contributed by atoms with E-state index in [1.807, 2.05) is 37.3 Å². The van der Waals surface area contributed by atoms with Crippen molar-refractivity contribution in [3.63, 3.8) is 0 Å². The highest BCUT2D eigenvalue weighted by Crippen LogP contribution is 2.25. The fourth-order valence-corrected chi connectivity index (χ4v) is 2.98. The third-order valence-corrected chi connectivity index (χ3v) is 4.49. The van der Waals surface area contributed by atoms with Crippen molar-refractivity contribution in [2.45, 2.75) is 57.8 Å². The first-order chi connectivity index (χ1) is 11.6. The molecule has 2 rings (SSSR count). The molecule has 1 saturated heterocycles. The average molecular weight is 335 g/mol. The summed E-state index contributed by atoms with van der Waals surface area (Å²) in [6.45, 7) is 4.96. The Kier molecular flexibility index (Phi) is 7.53. The second-order valence-corrected chi connectivity index (χ2v) is 6.38. The van der Waals surface area contributed by atoms with E-state index in [0.29, 0.717) is 19.6 Å². The van der Waals surface area contributed by atoms with Gasteiger partial charge in [0, 0.05) is 12.5 Å². The maximum absolute atomic E-state index is 12.0. The number of hydrogen-bond donors (Lipinski definition) is 1. The number of esters is 1. The Hall–Kier alpha value is -1.59. The number of rotatable bonds is 6. The van der Waals surface area contributed by atoms with Crippen LogP contribution in [0.5, 0.6) is 5.75 Å². The first-order valence-corrected chi connectivity index (χ1v) is 8.87. The van der Waals surface area contributed by atoms with Crippen LogP contribution in [-0.4, -0.2) is 37.4 Å². The number of unbranched alkanes of at least 4 members (excludes halogenated alkanes) is 1. The van der Waals surface area contributed by atoms with E-state index in [0.717, 1.165) is 25.0 Å². The van der Waals surface area contributed by atoms with Gasteiger partial charge in [-0.25, -0.2) is 0 Å². The normalized spacial score (nSPS) is 28.4. The molecule has 0 bridgehead atoms. The van der Waals surface area contributed by atoms with Gasteiger partial charge >= 0.3 is 5.97 Å². The van der Waals surface area contributed by atoms with Gasteiger partial charge in [0.2, 0.25) is 0 Å². The number of hydrogen-bond acceptors (Lipinski definition) is 5. The maximum atomic E-state index is 12.0. The standard InChI is InChI=1S/C19H29NO4/c1-3-4-10-16-14(2)24-19(21)17(20)11-12-22-18(16)13-23-15-8-6-5-7-9-15/h5-9,14,16-18H,3-4,10-13,20H2,1-2H3/t14-,16-,17-,18+/m0/s1. The number of ether oxygens (including phenoxy) is 3. The van der Waals surface area contributed by atoms with E-state index in [1.54, 1.807) is 0 Å². The van der Waals surface area contributed by atoms with Crippen LogP contribution in [0.4, 0.5) is 0 Å². The quantitative estimate of drug-likeness (QED) is 0.809. The Balaban J connectivity index is 2.07. The molecule has 0 amide bonds. The molecule has 0 radical (unpaired) electrons. The summed E-state index contributed by atoms with van der Waals surface area (Å²) >= 11 is 0. The molecule has 0 unspecified atom stereocenters. The number of carbonyl (C=O) groups is 1. The summed E-state index contributed by atoms with van der Waals surface area (Å²) in [7, 11) is 0. The molecule has 0 aliphatic carbocycles. The lowest BCUT2D eigenvalue weighted by molar-refractivity contribution is -0.154. The van der Waals surface area contributed by atoms with Gasteiger partial charge in [-0.1, -0.05) is 38.0 Å². The molecular formula is C19H29NO4. The first-order valence-electron chi connectivity index (χ1n) is 8.87. The third kappa shape index (κ3) is 5.49. The van der Waals surface area contributed by atoms with Crippen molar-refractivity contribution < 1.29 is 19.0 Å². The van der Waals surface area contributed by atoms with E-state index < -0.39 is 6.04 Å². The molecule has 0 aromatic heterocycles. The smallest absolute Gasteiger partial charge is 0.323 e. The molecule has 1 heterocycles. The summed E-state index contributed by atoms with van der Waals surface area (Å²) in [5, 5.41) is 0. The predicted molar refractivity (Wildman–Crippen MR) is 92.8 cm³/mol. The molecule has 0 saturated carbocycles. The number of cyclic esters (lactones) is 1. The van der Waals surface area contributed by atoms with Crippen molar-refractivity contribution in [1.82, 2.24) is 0 Å². The van der Waals surface area contributed by atoms with E-state index >= 15 is 0 Å². The number of nitrogens with two attached hydrogens (primary N) is 1. The predicted octanol–water partition coefficient (Wildman–Crippen LogP) is 2.92. The van der Waals surface area contributed by atoms with Gasteiger partial charge in [-0.3, -0.25) is 4.79 Å². The van der Waals surface area contributed by atoms with Crippen LogP contribution < -0.4 is 10.5 Å². The van der Waals surface area contributed by atoms with Crippen molar-refractivity contribution in [3.8, 4) is 5.75 Å². The SMILES string of the molecule is CCCC[C@H]1[C@H](C)OC(=O)[C@@H](N)CCO[C@@H]1COc1ccccc1. The lowest BCUT2D eigenvalue weighted by Crippen LogP contribution is -2.39. The van der Waals surface area contributed by atoms with Crippen LogP contribution in [0, 0.1) is 5.92 Å². The molecule has 1 aliphatic heterocycles. The number of carbonyl (C=O) groups excluding carboxylic acids is 1. The van der Waals surface area contributed by atoms with Crippen LogP contribution in [0.2, 0.25) is 0 Å². The van der Waals surface area contributed by atoms with E-state index in [1.165, 1.54) is 0 Å². The second kappa shape index (κ2) is 9.64. The van der Waals surface area contributed by atoms with Crippen LogP contribution in [0.3, 0.4) is 0 Å². The van der Waals surface area contributed by atoms with E-state index in [2.05, 4.69) is 6.92 Å². The van der Waals surface area contributed by atoms with Gasteiger partial charge < -0.3 is 19.9 Å². The zero-order valence-electron chi connectivity index (χ0n) is 14.6. The van der Waals surface area contributed by atoms with Gasteiger partial charge in [0.15, 0.2) is 0 Å². The Morgan fingerprint density at radius 2 is 2.04 bits per heavy atom. The van der Waals surface area contributed by atoms with E-state index in [-0.39, 0.29) is 24.1 Å². The zero-order valence-corrected chi connectivity index (χ0v) is 14.6. The Labute approximate surface area is 144 Å². The molecule has 1 aromatic carbocycles. The molecule has 0 spiro atoms. The van der Waals surface area contributed by atoms with Crippen molar-refractivity contribution in [2.75, 3.05) is 13.2 Å². The van der Waals surface area contributed by atoms with Gasteiger partial charge in [-0.2, -0.15) is 0 Å². The van der Waals surface area contributed by atoms with Gasteiger partial charge in [-0.15, -0.1) is 0 Å². The first kappa shape index (κ1) is 18.7. The molecule has 2 N–H and O–H groups in total. The lowest BCUT2D eigenvalue weighted by atomic mass is 9.91. The maximum Gasteiger partial charge on any atom is 0.323 e. The van der Waals surface area contributed by atoms with Crippen molar-refractivity contribution >= 4 is 5.97 Å². The zero-order chi connectivity index (χ0) is 17.4. The average Bonchev–Trinajstić information content (AvgIpc) is 2.63. The number of benzene rings is 1. The highest BCUT2D eigenvalue weighted by molar-refractivity contribution is 5.75. The van der Waals surface area contributed by atoms with Crippen LogP contribution in [-0.2, 0) is 14.3 Å². The molecule has 1 aromatic rings. The summed E-state index contributed by atoms with van der Waals surface area (Å²) in [5.74, 6) is 0.580. The van der Waals surface area contributed by atoms with Crippen molar-refractivity contribution in [2.24, 2.45) is 11.7 Å². The summed E-state index contributed by atoms with van der Waals surface area (Å²) < 4.78 is 17.5. The molecule has 1 aliphatic rings. The van der Waals surface area contributed by atoms with Crippen molar-refractivity contribution in [1.29, 1.82) is 0 Å². The summed E-state index contributed by atoms with van der Waals surface area (Å²) in [6.07, 6.45) is 3.19. The van der Waals surface area contributed by atoms with Crippen LogP contribution in [0.1, 0.15) is 39.5 Å². The van der Waals surface area contributed by atoms with Crippen LogP contribution in [0.25, 0.3) is 0 Å². The third-order valence-electron chi connectivity index (χ3n) is 4.49. The topological polar surface area (TPSA) is 70.8 Å². The van der Waals surface area contributed by atoms with E-state index in [9.17, 15) is 4.79 Å². The summed E-state index contributed by atoms with van der Waals surface area (Å²) in [6, 6.07) is 9.07. The largest absolute Gasteiger partial charge is 0.491 e. The van der Waals surface area contributed by atoms with Crippen molar-refractivity contribution in [3.05, 3.63) is 30.3 Å². The summed E-state index contributed by atoms with van der Waals surface area (Å²) in [4.78, 5) is 12.0. The van der Waals surface area contributed by atoms with Gasteiger partial charge in [0.1, 0.15) is 24.5 Å².